The monoisotopic (exact) mass is 303 g/mol. The van der Waals surface area contributed by atoms with Crippen LogP contribution < -0.4 is 5.32 Å². The third kappa shape index (κ3) is 4.58. The van der Waals surface area contributed by atoms with Crippen LogP contribution >= 0.6 is 0 Å². The van der Waals surface area contributed by atoms with E-state index >= 15 is 0 Å². The lowest BCUT2D eigenvalue weighted by atomic mass is 9.78. The van der Waals surface area contributed by atoms with Crippen molar-refractivity contribution in [1.29, 1.82) is 0 Å². The fourth-order valence-corrected chi connectivity index (χ4v) is 3.19. The minimum Gasteiger partial charge on any atom is -0.481 e. The van der Waals surface area contributed by atoms with Crippen LogP contribution in [0.5, 0.6) is 0 Å². The Bertz CT molecular complexity index is 500. The molecule has 0 heterocycles. The number of carbonyl (C=O) groups is 2. The maximum absolute atomic E-state index is 12.4. The van der Waals surface area contributed by atoms with E-state index in [0.717, 1.165) is 25.7 Å². The van der Waals surface area contributed by atoms with Crippen LogP contribution in [0.1, 0.15) is 44.6 Å². The number of carboxylic acid groups (broad SMARTS) is 1. The number of benzene rings is 1. The first kappa shape index (κ1) is 16.5. The van der Waals surface area contributed by atoms with Crippen LogP contribution in [0.3, 0.4) is 0 Å². The van der Waals surface area contributed by atoms with Crippen molar-refractivity contribution in [3.05, 3.63) is 35.9 Å². The predicted molar refractivity (Wildman–Crippen MR) is 85.5 cm³/mol. The first-order valence-electron chi connectivity index (χ1n) is 8.15. The summed E-state index contributed by atoms with van der Waals surface area (Å²) in [4.78, 5) is 23.6. The molecular formula is C18H25NO3. The number of aliphatic carboxylic acids is 1. The highest BCUT2D eigenvalue weighted by atomic mass is 16.4. The van der Waals surface area contributed by atoms with E-state index < -0.39 is 11.9 Å². The van der Waals surface area contributed by atoms with E-state index in [4.69, 9.17) is 0 Å². The number of aryl methyl sites for hydroxylation is 1. The van der Waals surface area contributed by atoms with Crippen molar-refractivity contribution >= 4 is 11.9 Å². The molecule has 120 valence electrons. The van der Waals surface area contributed by atoms with Crippen LogP contribution in [-0.4, -0.2) is 23.0 Å². The second kappa shape index (κ2) is 7.97. The van der Waals surface area contributed by atoms with Gasteiger partial charge in [0, 0.05) is 6.04 Å². The molecule has 0 radical (unpaired) electrons. The van der Waals surface area contributed by atoms with Crippen molar-refractivity contribution in [3.63, 3.8) is 0 Å². The van der Waals surface area contributed by atoms with E-state index in [9.17, 15) is 14.7 Å². The quantitative estimate of drug-likeness (QED) is 0.849. The van der Waals surface area contributed by atoms with Crippen molar-refractivity contribution in [2.24, 2.45) is 11.8 Å². The summed E-state index contributed by atoms with van der Waals surface area (Å²) in [6.45, 7) is 1.99. The third-order valence-electron chi connectivity index (χ3n) is 4.52. The van der Waals surface area contributed by atoms with Gasteiger partial charge in [0.1, 0.15) is 0 Å². The molecule has 1 aliphatic rings. The Morgan fingerprint density at radius 1 is 1.18 bits per heavy atom. The zero-order valence-corrected chi connectivity index (χ0v) is 13.1. The molecule has 2 rings (SSSR count). The van der Waals surface area contributed by atoms with E-state index in [2.05, 4.69) is 17.4 Å². The largest absolute Gasteiger partial charge is 0.481 e. The summed E-state index contributed by atoms with van der Waals surface area (Å²) in [5, 5.41) is 12.3. The average molecular weight is 303 g/mol. The molecule has 0 aromatic heterocycles. The topological polar surface area (TPSA) is 66.4 Å². The summed E-state index contributed by atoms with van der Waals surface area (Å²) in [7, 11) is 0. The molecule has 1 amide bonds. The molecule has 1 fully saturated rings. The molecule has 4 heteroatoms. The van der Waals surface area contributed by atoms with Gasteiger partial charge in [-0.1, -0.05) is 43.2 Å². The Balaban J connectivity index is 1.83. The number of nitrogens with one attached hydrogen (secondary N) is 1. The summed E-state index contributed by atoms with van der Waals surface area (Å²) < 4.78 is 0. The first-order valence-corrected chi connectivity index (χ1v) is 8.15. The van der Waals surface area contributed by atoms with E-state index in [0.29, 0.717) is 12.8 Å². The van der Waals surface area contributed by atoms with Crippen LogP contribution in [0.4, 0.5) is 0 Å². The Morgan fingerprint density at radius 2 is 1.82 bits per heavy atom. The molecule has 1 saturated carbocycles. The van der Waals surface area contributed by atoms with Crippen LogP contribution in [0, 0.1) is 11.8 Å². The predicted octanol–water partition coefficient (Wildman–Crippen LogP) is 3.01. The summed E-state index contributed by atoms with van der Waals surface area (Å²) in [6, 6.07) is 10.2. The summed E-state index contributed by atoms with van der Waals surface area (Å²) in [5.74, 6) is -1.81. The van der Waals surface area contributed by atoms with Crippen LogP contribution in [0.15, 0.2) is 30.3 Å². The molecule has 0 unspecified atom stereocenters. The fraction of sp³-hybridized carbons (Fsp3) is 0.556. The second-order valence-corrected chi connectivity index (χ2v) is 6.27. The number of carbonyl (C=O) groups excluding carboxylic acids is 1. The van der Waals surface area contributed by atoms with Gasteiger partial charge in [-0.15, -0.1) is 0 Å². The highest BCUT2D eigenvalue weighted by Crippen LogP contribution is 2.30. The Morgan fingerprint density at radius 3 is 2.45 bits per heavy atom. The number of hydrogen-bond donors (Lipinski definition) is 2. The van der Waals surface area contributed by atoms with Crippen molar-refractivity contribution < 1.29 is 14.7 Å². The summed E-state index contributed by atoms with van der Waals surface area (Å²) in [5.41, 5.74) is 1.25. The third-order valence-corrected chi connectivity index (χ3v) is 4.52. The van der Waals surface area contributed by atoms with Crippen LogP contribution in [-0.2, 0) is 16.0 Å². The molecule has 4 nitrogen and oxygen atoms in total. The Hall–Kier alpha value is -1.84. The second-order valence-electron chi connectivity index (χ2n) is 6.27. The number of carboxylic acids is 1. The smallest absolute Gasteiger partial charge is 0.307 e. The van der Waals surface area contributed by atoms with Crippen LogP contribution in [0.25, 0.3) is 0 Å². The van der Waals surface area contributed by atoms with Crippen molar-refractivity contribution in [1.82, 2.24) is 5.32 Å². The van der Waals surface area contributed by atoms with Gasteiger partial charge >= 0.3 is 5.97 Å². The minimum absolute atomic E-state index is 0.0593. The normalized spacial score (nSPS) is 22.8. The number of hydrogen-bond acceptors (Lipinski definition) is 2. The Kier molecular flexibility index (Phi) is 5.99. The molecule has 0 spiro atoms. The van der Waals surface area contributed by atoms with Gasteiger partial charge in [0.2, 0.25) is 5.91 Å². The van der Waals surface area contributed by atoms with E-state index in [-0.39, 0.29) is 17.9 Å². The van der Waals surface area contributed by atoms with E-state index in [1.165, 1.54) is 5.56 Å². The molecule has 1 aromatic carbocycles. The van der Waals surface area contributed by atoms with Gasteiger partial charge in [-0.25, -0.2) is 0 Å². The van der Waals surface area contributed by atoms with Gasteiger partial charge in [0.25, 0.3) is 0 Å². The standard InChI is InChI=1S/C18H25NO3/c1-13(11-12-14-7-3-2-4-8-14)19-17(20)15-9-5-6-10-16(15)18(21)22/h2-4,7-8,13,15-16H,5-6,9-12H2,1H3,(H,19,20)(H,21,22)/t13-,15+,16+/m1/s1. The van der Waals surface area contributed by atoms with Gasteiger partial charge in [-0.05, 0) is 38.2 Å². The molecule has 0 bridgehead atoms. The van der Waals surface area contributed by atoms with Gasteiger partial charge in [-0.3, -0.25) is 9.59 Å². The molecular weight excluding hydrogens is 278 g/mol. The van der Waals surface area contributed by atoms with Crippen molar-refractivity contribution in [2.45, 2.75) is 51.5 Å². The van der Waals surface area contributed by atoms with Crippen LogP contribution in [0.2, 0.25) is 0 Å². The minimum atomic E-state index is -0.836. The SMILES string of the molecule is C[C@H](CCc1ccccc1)NC(=O)[C@H]1CCCC[C@@H]1C(=O)O. The lowest BCUT2D eigenvalue weighted by Gasteiger charge is -2.28. The molecule has 1 aliphatic carbocycles. The van der Waals surface area contributed by atoms with E-state index in [1.807, 2.05) is 25.1 Å². The summed E-state index contributed by atoms with van der Waals surface area (Å²) in [6.07, 6.45) is 4.93. The highest BCUT2D eigenvalue weighted by molar-refractivity contribution is 5.85. The maximum Gasteiger partial charge on any atom is 0.307 e. The first-order chi connectivity index (χ1) is 10.6. The number of amides is 1. The van der Waals surface area contributed by atoms with Gasteiger partial charge in [0.05, 0.1) is 11.8 Å². The van der Waals surface area contributed by atoms with Gasteiger partial charge < -0.3 is 10.4 Å². The van der Waals surface area contributed by atoms with Gasteiger partial charge in [0.15, 0.2) is 0 Å². The van der Waals surface area contributed by atoms with E-state index in [1.54, 1.807) is 0 Å². The molecule has 1 aromatic rings. The Labute approximate surface area is 131 Å². The maximum atomic E-state index is 12.4. The van der Waals surface area contributed by atoms with Crippen molar-refractivity contribution in [3.8, 4) is 0 Å². The summed E-state index contributed by atoms with van der Waals surface area (Å²) >= 11 is 0. The molecule has 2 N–H and O–H groups in total. The zero-order valence-electron chi connectivity index (χ0n) is 13.1. The zero-order chi connectivity index (χ0) is 15.9. The lowest BCUT2D eigenvalue weighted by Crippen LogP contribution is -2.43. The molecule has 0 aliphatic heterocycles. The molecule has 0 saturated heterocycles. The highest BCUT2D eigenvalue weighted by Gasteiger charge is 2.35. The number of rotatable bonds is 6. The molecule has 22 heavy (non-hydrogen) atoms. The van der Waals surface area contributed by atoms with Gasteiger partial charge in [-0.2, -0.15) is 0 Å². The fourth-order valence-electron chi connectivity index (χ4n) is 3.19. The molecule has 3 atom stereocenters. The lowest BCUT2D eigenvalue weighted by molar-refractivity contribution is -0.149. The van der Waals surface area contributed by atoms with Crippen molar-refractivity contribution in [2.75, 3.05) is 0 Å². The average Bonchev–Trinajstić information content (AvgIpc) is 2.54.